The van der Waals surface area contributed by atoms with Gasteiger partial charge in [-0.05, 0) is 57.8 Å². The Morgan fingerprint density at radius 3 is 2.44 bits per heavy atom. The van der Waals surface area contributed by atoms with Crippen LogP contribution in [-0.4, -0.2) is 18.2 Å². The number of nitrogens with one attached hydrogen (secondary N) is 2. The topological polar surface area (TPSA) is 61.9 Å². The summed E-state index contributed by atoms with van der Waals surface area (Å²) in [4.78, 5) is 10.4. The third-order valence-corrected chi connectivity index (χ3v) is 10.5. The summed E-state index contributed by atoms with van der Waals surface area (Å²) < 4.78 is 9.13. The number of rotatable bonds is 4. The van der Waals surface area contributed by atoms with Crippen LogP contribution >= 0.6 is 11.3 Å². The molecule has 2 aromatic heterocycles. The summed E-state index contributed by atoms with van der Waals surface area (Å²) in [5.74, 6) is 2.28. The summed E-state index contributed by atoms with van der Waals surface area (Å²) in [6, 6.07) is 44.9. The smallest absolute Gasteiger partial charge is 0.160 e. The summed E-state index contributed by atoms with van der Waals surface area (Å²) in [5.41, 5.74) is 6.99. The van der Waals surface area contributed by atoms with Gasteiger partial charge in [0.25, 0.3) is 0 Å². The van der Waals surface area contributed by atoms with E-state index in [1.54, 1.807) is 0 Å². The van der Waals surface area contributed by atoms with Gasteiger partial charge in [-0.2, -0.15) is 0 Å². The lowest BCUT2D eigenvalue weighted by molar-refractivity contribution is 0.604. The fraction of sp³-hybridized carbons (Fsp3) is 0.0476. The molecule has 2 N–H and O–H groups in total. The fourth-order valence-corrected chi connectivity index (χ4v) is 8.23. The van der Waals surface area contributed by atoms with Crippen LogP contribution in [0.25, 0.3) is 59.1 Å². The lowest BCUT2D eigenvalue weighted by Gasteiger charge is -2.24. The second-order valence-electron chi connectivity index (χ2n) is 12.2. The van der Waals surface area contributed by atoms with E-state index in [0.717, 1.165) is 62.6 Å². The van der Waals surface area contributed by atoms with Crippen LogP contribution in [0.4, 0.5) is 5.69 Å². The molecule has 228 valence electrons. The lowest BCUT2D eigenvalue weighted by atomic mass is 9.96. The van der Waals surface area contributed by atoms with E-state index in [4.69, 9.17) is 14.4 Å². The molecule has 5 nitrogen and oxygen atoms in total. The van der Waals surface area contributed by atoms with Crippen LogP contribution in [0, 0.1) is 0 Å². The van der Waals surface area contributed by atoms with Crippen molar-refractivity contribution in [1.82, 2.24) is 5.32 Å². The van der Waals surface area contributed by atoms with Gasteiger partial charge in [-0.1, -0.05) is 109 Å². The highest BCUT2D eigenvalue weighted by molar-refractivity contribution is 7.26. The van der Waals surface area contributed by atoms with Gasteiger partial charge in [-0.3, -0.25) is 0 Å². The Labute approximate surface area is 280 Å². The van der Waals surface area contributed by atoms with Gasteiger partial charge in [-0.25, -0.2) is 9.98 Å². The Morgan fingerprint density at radius 1 is 0.708 bits per heavy atom. The third-order valence-electron chi connectivity index (χ3n) is 9.33. The monoisotopic (exact) mass is 636 g/mol. The van der Waals surface area contributed by atoms with E-state index >= 15 is 0 Å². The van der Waals surface area contributed by atoms with Gasteiger partial charge in [0, 0.05) is 37.8 Å². The van der Waals surface area contributed by atoms with Crippen LogP contribution in [0.1, 0.15) is 28.6 Å². The Balaban J connectivity index is 1.20. The van der Waals surface area contributed by atoms with E-state index in [2.05, 4.69) is 126 Å². The number of hydrogen-bond donors (Lipinski definition) is 2. The first kappa shape index (κ1) is 27.2. The van der Waals surface area contributed by atoms with Crippen molar-refractivity contribution in [2.75, 3.05) is 11.9 Å². The summed E-state index contributed by atoms with van der Waals surface area (Å²) in [7, 11) is 0. The maximum absolute atomic E-state index is 6.53. The third kappa shape index (κ3) is 4.37. The SMILES string of the molecule is C1=Cc2oc3cc(-c4ccc5sc6c7ccccc7ccc6c5c4)cc(C4=NC(c5ccccc5)NC(c5ccccc5)=N4)c3c2NC1. The number of benzene rings is 6. The Kier molecular flexibility index (Phi) is 6.11. The van der Waals surface area contributed by atoms with Gasteiger partial charge >= 0.3 is 0 Å². The molecular weight excluding hydrogens is 609 g/mol. The molecule has 48 heavy (non-hydrogen) atoms. The van der Waals surface area contributed by atoms with Crippen molar-refractivity contribution in [3.63, 3.8) is 0 Å². The average molecular weight is 637 g/mol. The molecule has 0 spiro atoms. The Morgan fingerprint density at radius 2 is 1.54 bits per heavy atom. The molecule has 1 unspecified atom stereocenters. The molecule has 0 aliphatic carbocycles. The largest absolute Gasteiger partial charge is 0.454 e. The van der Waals surface area contributed by atoms with E-state index in [1.165, 1.54) is 30.9 Å². The second-order valence-corrected chi connectivity index (χ2v) is 13.3. The van der Waals surface area contributed by atoms with Crippen molar-refractivity contribution < 1.29 is 4.42 Å². The van der Waals surface area contributed by atoms with Crippen molar-refractivity contribution >= 4 is 76.7 Å². The first-order valence-electron chi connectivity index (χ1n) is 16.2. The molecule has 1 atom stereocenters. The molecule has 2 aliphatic heterocycles. The van der Waals surface area contributed by atoms with E-state index in [0.29, 0.717) is 5.84 Å². The molecular formula is C42H28N4OS. The van der Waals surface area contributed by atoms with E-state index < -0.39 is 0 Å². The predicted octanol–water partition coefficient (Wildman–Crippen LogP) is 10.6. The van der Waals surface area contributed by atoms with E-state index in [-0.39, 0.29) is 6.17 Å². The van der Waals surface area contributed by atoms with Crippen LogP contribution in [0.2, 0.25) is 0 Å². The Bertz CT molecular complexity index is 2650. The number of nitrogens with zero attached hydrogens (tertiary/aromatic N) is 2. The van der Waals surface area contributed by atoms with Crippen LogP contribution < -0.4 is 10.6 Å². The first-order chi connectivity index (χ1) is 23.8. The quantitative estimate of drug-likeness (QED) is 0.202. The highest BCUT2D eigenvalue weighted by Crippen LogP contribution is 2.43. The molecule has 10 rings (SSSR count). The molecule has 4 heterocycles. The molecule has 0 saturated heterocycles. The first-order valence-corrected chi connectivity index (χ1v) is 17.0. The van der Waals surface area contributed by atoms with Gasteiger partial charge in [0.05, 0.1) is 11.1 Å². The zero-order valence-corrected chi connectivity index (χ0v) is 26.6. The summed E-state index contributed by atoms with van der Waals surface area (Å²) in [5, 5.41) is 13.3. The molecule has 8 aromatic rings. The van der Waals surface area contributed by atoms with Gasteiger partial charge < -0.3 is 15.1 Å². The number of thiophene rings is 1. The van der Waals surface area contributed by atoms with Crippen molar-refractivity contribution in [1.29, 1.82) is 0 Å². The number of amidine groups is 2. The van der Waals surface area contributed by atoms with Crippen molar-refractivity contribution in [3.8, 4) is 11.1 Å². The van der Waals surface area contributed by atoms with Gasteiger partial charge in [0.1, 0.15) is 17.6 Å². The second kappa shape index (κ2) is 10.8. The number of hydrogen-bond acceptors (Lipinski definition) is 6. The maximum atomic E-state index is 6.53. The molecule has 0 bridgehead atoms. The van der Waals surface area contributed by atoms with Crippen LogP contribution in [0.15, 0.2) is 148 Å². The molecule has 6 aromatic carbocycles. The highest BCUT2D eigenvalue weighted by atomic mass is 32.1. The molecule has 6 heteroatoms. The van der Waals surface area contributed by atoms with Gasteiger partial charge in [0.2, 0.25) is 0 Å². The van der Waals surface area contributed by atoms with Crippen molar-refractivity contribution in [2.45, 2.75) is 6.17 Å². The summed E-state index contributed by atoms with van der Waals surface area (Å²) >= 11 is 1.86. The Hall–Kier alpha value is -5.98. The minimum Gasteiger partial charge on any atom is -0.454 e. The number of fused-ring (bicyclic) bond motifs is 8. The molecule has 2 aliphatic rings. The van der Waals surface area contributed by atoms with Crippen LogP contribution in [0.3, 0.4) is 0 Å². The molecule has 0 amide bonds. The maximum Gasteiger partial charge on any atom is 0.160 e. The van der Waals surface area contributed by atoms with E-state index in [1.807, 2.05) is 35.6 Å². The van der Waals surface area contributed by atoms with Gasteiger partial charge in [-0.15, -0.1) is 11.3 Å². The number of furan rings is 1. The van der Waals surface area contributed by atoms with Crippen molar-refractivity contribution in [2.24, 2.45) is 9.98 Å². The normalized spacial score (nSPS) is 15.7. The standard InChI is InChI=1S/C42H28N4OS/c1-3-11-26(12-4-1)40-44-41(27-13-5-2-6-14-27)46-42(45-40)33-23-29(24-35-37(33)38-34(47-35)16-9-21-43-38)28-18-20-36-32(22-28)31-19-17-25-10-7-8-15-30(25)39(31)48-36/h1-20,22-24,40,43H,21H2,(H,44,45,46). The van der Waals surface area contributed by atoms with Crippen LogP contribution in [0.5, 0.6) is 0 Å². The van der Waals surface area contributed by atoms with Crippen LogP contribution in [-0.2, 0) is 0 Å². The molecule has 0 saturated carbocycles. The average Bonchev–Trinajstić information content (AvgIpc) is 3.73. The zero-order valence-electron chi connectivity index (χ0n) is 25.8. The van der Waals surface area contributed by atoms with Gasteiger partial charge in [0.15, 0.2) is 11.6 Å². The number of aliphatic imine (C=N–C) groups is 2. The minimum atomic E-state index is -0.300. The molecule has 0 fully saturated rings. The zero-order chi connectivity index (χ0) is 31.6. The fourth-order valence-electron chi connectivity index (χ4n) is 7.01. The number of anilines is 1. The minimum absolute atomic E-state index is 0.300. The van der Waals surface area contributed by atoms with Crippen molar-refractivity contribution in [3.05, 3.63) is 156 Å². The lowest BCUT2D eigenvalue weighted by Crippen LogP contribution is -2.33. The highest BCUT2D eigenvalue weighted by Gasteiger charge is 2.26. The van der Waals surface area contributed by atoms with E-state index in [9.17, 15) is 0 Å². The summed E-state index contributed by atoms with van der Waals surface area (Å²) in [6.07, 6.45) is 3.84. The summed E-state index contributed by atoms with van der Waals surface area (Å²) in [6.45, 7) is 0.735. The molecule has 0 radical (unpaired) electrons. The predicted molar refractivity (Wildman–Crippen MR) is 201 cm³/mol.